The molecule has 1 aliphatic heterocycles. The van der Waals surface area contributed by atoms with Gasteiger partial charge in [-0.2, -0.15) is 12.6 Å². The maximum absolute atomic E-state index is 6.64. The first-order chi connectivity index (χ1) is 27.4. The van der Waals surface area contributed by atoms with Gasteiger partial charge in [0.1, 0.15) is 0 Å². The molecule has 0 spiro atoms. The largest absolute Gasteiger partial charge is 0.399 e. The van der Waals surface area contributed by atoms with E-state index in [1.165, 1.54) is 43.1 Å². The van der Waals surface area contributed by atoms with Gasteiger partial charge < -0.3 is 16.4 Å². The SMILES string of the molecule is C=C1/C(C)=c2\cccc\c2=C\CC=CN(c2cccc(/C(N)=C/Cc3ccc4ccccc4c3)c2)/C=C\c2ccccc21.CS.Nc1ccc2ccccc2c1. The zero-order valence-corrected chi connectivity index (χ0v) is 33.0. The summed E-state index contributed by atoms with van der Waals surface area (Å²) in [7, 11) is 0. The molecule has 7 aromatic carbocycles. The Morgan fingerprint density at radius 3 is 2.14 bits per heavy atom. The van der Waals surface area contributed by atoms with Gasteiger partial charge in [-0.05, 0) is 122 Å². The monoisotopic (exact) mass is 747 g/mol. The molecule has 7 aromatic rings. The molecule has 0 amide bonds. The van der Waals surface area contributed by atoms with Crippen LogP contribution in [-0.2, 0) is 6.42 Å². The summed E-state index contributed by atoms with van der Waals surface area (Å²) < 4.78 is 0. The Labute approximate surface area is 337 Å². The van der Waals surface area contributed by atoms with E-state index in [9.17, 15) is 0 Å². The number of nitrogens with zero attached hydrogens (tertiary/aromatic N) is 1. The van der Waals surface area contributed by atoms with Crippen molar-refractivity contribution in [3.05, 3.63) is 222 Å². The van der Waals surface area contributed by atoms with Gasteiger partial charge in [0.15, 0.2) is 0 Å². The van der Waals surface area contributed by atoms with E-state index < -0.39 is 0 Å². The third-order valence-corrected chi connectivity index (χ3v) is 9.88. The lowest BCUT2D eigenvalue weighted by Crippen LogP contribution is -2.26. The summed E-state index contributed by atoms with van der Waals surface area (Å²) in [6, 6.07) is 54.6. The van der Waals surface area contributed by atoms with Crippen molar-refractivity contribution in [3.63, 3.8) is 0 Å². The van der Waals surface area contributed by atoms with E-state index in [1.54, 1.807) is 6.26 Å². The normalized spacial score (nSPS) is 14.9. The van der Waals surface area contributed by atoms with Gasteiger partial charge >= 0.3 is 0 Å². The Morgan fingerprint density at radius 2 is 1.36 bits per heavy atom. The molecule has 0 radical (unpaired) electrons. The number of nitrogens with two attached hydrogens (primary N) is 2. The Morgan fingerprint density at radius 1 is 0.696 bits per heavy atom. The van der Waals surface area contributed by atoms with Gasteiger partial charge in [0.2, 0.25) is 0 Å². The van der Waals surface area contributed by atoms with Crippen molar-refractivity contribution in [1.82, 2.24) is 0 Å². The summed E-state index contributed by atoms with van der Waals surface area (Å²) in [5.74, 6) is 0. The minimum Gasteiger partial charge on any atom is -0.399 e. The van der Waals surface area contributed by atoms with Crippen molar-refractivity contribution < 1.29 is 0 Å². The number of hydrogen-bond acceptors (Lipinski definition) is 4. The molecule has 1 heterocycles. The maximum atomic E-state index is 6.64. The van der Waals surface area contributed by atoms with Crippen LogP contribution in [0.15, 0.2) is 189 Å². The van der Waals surface area contributed by atoms with E-state index in [0.717, 1.165) is 52.2 Å². The number of fused-ring (bicyclic) bond motifs is 4. The minimum atomic E-state index is 0.770. The number of rotatable bonds is 4. The molecule has 4 heteroatoms. The summed E-state index contributed by atoms with van der Waals surface area (Å²) in [6.45, 7) is 6.68. The number of hydrogen-bond donors (Lipinski definition) is 3. The fraction of sp³-hybridized carbons (Fsp3) is 0.0769. The molecule has 0 atom stereocenters. The van der Waals surface area contributed by atoms with Crippen LogP contribution in [0.5, 0.6) is 0 Å². The molecular formula is C52H49N3S. The maximum Gasteiger partial charge on any atom is 0.0455 e. The molecule has 0 aliphatic carbocycles. The summed E-state index contributed by atoms with van der Waals surface area (Å²) in [4.78, 5) is 2.16. The Kier molecular flexibility index (Phi) is 13.4. The molecule has 0 bridgehead atoms. The highest BCUT2D eigenvalue weighted by Gasteiger charge is 2.09. The van der Waals surface area contributed by atoms with Crippen LogP contribution < -0.4 is 26.8 Å². The highest BCUT2D eigenvalue weighted by atomic mass is 32.1. The van der Waals surface area contributed by atoms with Crippen LogP contribution in [0, 0.1) is 0 Å². The van der Waals surface area contributed by atoms with Gasteiger partial charge in [-0.3, -0.25) is 0 Å². The fourth-order valence-corrected chi connectivity index (χ4v) is 6.82. The average Bonchev–Trinajstić information content (AvgIpc) is 3.26. The molecule has 0 unspecified atom stereocenters. The highest BCUT2D eigenvalue weighted by molar-refractivity contribution is 7.79. The molecule has 278 valence electrons. The lowest BCUT2D eigenvalue weighted by Gasteiger charge is -2.18. The third kappa shape index (κ3) is 9.78. The first-order valence-electron chi connectivity index (χ1n) is 18.8. The van der Waals surface area contributed by atoms with Gasteiger partial charge in [0, 0.05) is 29.5 Å². The third-order valence-electron chi connectivity index (χ3n) is 9.88. The van der Waals surface area contributed by atoms with E-state index in [4.69, 9.17) is 11.5 Å². The molecule has 56 heavy (non-hydrogen) atoms. The first-order valence-corrected chi connectivity index (χ1v) is 19.7. The number of benzene rings is 7. The topological polar surface area (TPSA) is 55.3 Å². The van der Waals surface area contributed by atoms with E-state index >= 15 is 0 Å². The average molecular weight is 748 g/mol. The zero-order valence-electron chi connectivity index (χ0n) is 32.1. The summed E-state index contributed by atoms with van der Waals surface area (Å²) in [6.07, 6.45) is 16.3. The summed E-state index contributed by atoms with van der Waals surface area (Å²) in [5.41, 5.74) is 21.6. The van der Waals surface area contributed by atoms with Crippen LogP contribution in [0.3, 0.4) is 0 Å². The van der Waals surface area contributed by atoms with E-state index in [2.05, 4.69) is 195 Å². The smallest absolute Gasteiger partial charge is 0.0455 e. The van der Waals surface area contributed by atoms with Gasteiger partial charge in [-0.15, -0.1) is 0 Å². The van der Waals surface area contributed by atoms with Crippen molar-refractivity contribution in [2.75, 3.05) is 16.9 Å². The van der Waals surface area contributed by atoms with Crippen molar-refractivity contribution in [2.24, 2.45) is 5.73 Å². The molecule has 3 nitrogen and oxygen atoms in total. The second-order valence-corrected chi connectivity index (χ2v) is 13.5. The second kappa shape index (κ2) is 19.2. The highest BCUT2D eigenvalue weighted by Crippen LogP contribution is 2.27. The van der Waals surface area contributed by atoms with Gasteiger partial charge in [0.05, 0.1) is 0 Å². The van der Waals surface area contributed by atoms with Crippen molar-refractivity contribution in [1.29, 1.82) is 0 Å². The van der Waals surface area contributed by atoms with Crippen LogP contribution in [-0.4, -0.2) is 6.26 Å². The fourth-order valence-electron chi connectivity index (χ4n) is 6.82. The predicted octanol–water partition coefficient (Wildman–Crippen LogP) is 11.4. The number of thiol groups is 1. The molecule has 0 saturated heterocycles. The quantitative estimate of drug-likeness (QED) is 0.124. The first kappa shape index (κ1) is 39.2. The van der Waals surface area contributed by atoms with Crippen LogP contribution in [0.2, 0.25) is 0 Å². The Bertz CT molecular complexity index is 2680. The van der Waals surface area contributed by atoms with Crippen LogP contribution in [0.25, 0.3) is 50.5 Å². The lowest BCUT2D eigenvalue weighted by atomic mass is 9.94. The van der Waals surface area contributed by atoms with Crippen molar-refractivity contribution in [3.8, 4) is 0 Å². The molecular weight excluding hydrogens is 699 g/mol. The van der Waals surface area contributed by atoms with Gasteiger partial charge in [0.25, 0.3) is 0 Å². The summed E-state index contributed by atoms with van der Waals surface area (Å²) >= 11 is 3.53. The lowest BCUT2D eigenvalue weighted by molar-refractivity contribution is 1.25. The molecule has 0 saturated carbocycles. The van der Waals surface area contributed by atoms with E-state index in [-0.39, 0.29) is 0 Å². The zero-order chi connectivity index (χ0) is 39.3. The molecule has 4 N–H and O–H groups in total. The van der Waals surface area contributed by atoms with Crippen LogP contribution in [0.4, 0.5) is 11.4 Å². The van der Waals surface area contributed by atoms with Crippen LogP contribution >= 0.6 is 12.6 Å². The van der Waals surface area contributed by atoms with Gasteiger partial charge in [-0.25, -0.2) is 0 Å². The summed E-state index contributed by atoms with van der Waals surface area (Å²) in [5, 5.41) is 7.37. The van der Waals surface area contributed by atoms with Crippen molar-refractivity contribution >= 4 is 74.5 Å². The Hall–Kier alpha value is -6.49. The van der Waals surface area contributed by atoms with Crippen LogP contribution in [0.1, 0.15) is 35.6 Å². The molecule has 1 aliphatic rings. The Balaban J connectivity index is 0.000000347. The number of nitrogen functional groups attached to an aromatic ring is 1. The van der Waals surface area contributed by atoms with Crippen molar-refractivity contribution in [2.45, 2.75) is 19.8 Å². The minimum absolute atomic E-state index is 0.770. The molecule has 0 aromatic heterocycles. The predicted molar refractivity (Wildman–Crippen MR) is 250 cm³/mol. The molecule has 0 fully saturated rings. The number of anilines is 2. The van der Waals surface area contributed by atoms with E-state index in [1.807, 2.05) is 30.3 Å². The standard InChI is InChI=1S/C41H36N2.C10H9N.CH4S/c1-30-31(2)40-20-8-6-14-35(40)25-27-43(26-10-9-15-34-13-5-7-19-39(30)34)38-18-11-17-37(29-38)41(42)24-22-32-21-23-33-12-3-4-16-36(33)28-32;11-10-6-5-8-3-1-2-4-9(8)7-10;1-2/h3-8,10-21,23-29H,2,9,22,42H2,1H3;1-7H,11H2;2H,1H3/b26-10?,27-25-,34-15-,39-30+,41-24-;;. The van der Waals surface area contributed by atoms with Gasteiger partial charge in [-0.1, -0.05) is 158 Å². The second-order valence-electron chi connectivity index (χ2n) is 13.5. The molecule has 8 rings (SSSR count). The number of allylic oxidation sites excluding steroid dienone is 3. The van der Waals surface area contributed by atoms with E-state index in [0.29, 0.717) is 0 Å².